The van der Waals surface area contributed by atoms with Crippen LogP contribution in [0.4, 0.5) is 10.8 Å². The number of benzene rings is 1. The Labute approximate surface area is 172 Å². The summed E-state index contributed by atoms with van der Waals surface area (Å²) in [4.78, 5) is 27.6. The van der Waals surface area contributed by atoms with E-state index in [0.29, 0.717) is 5.13 Å². The quantitative estimate of drug-likeness (QED) is 0.554. The third-order valence-electron chi connectivity index (χ3n) is 6.75. The van der Waals surface area contributed by atoms with Crippen molar-refractivity contribution < 1.29 is 14.5 Å². The van der Waals surface area contributed by atoms with Crippen LogP contribution >= 0.6 is 11.3 Å². The lowest BCUT2D eigenvalue weighted by Crippen LogP contribution is -2.48. The number of thiazole rings is 1. The molecule has 0 radical (unpaired) electrons. The molecule has 0 aliphatic heterocycles. The number of rotatable bonds is 6. The average molecular weight is 413 g/mol. The molecule has 6 rings (SSSR count). The lowest BCUT2D eigenvalue weighted by atomic mass is 9.49. The fourth-order valence-corrected chi connectivity index (χ4v) is 6.88. The van der Waals surface area contributed by atoms with Crippen LogP contribution < -0.4 is 10.1 Å². The van der Waals surface area contributed by atoms with E-state index in [1.807, 2.05) is 0 Å². The second kappa shape index (κ2) is 7.09. The number of nitrogens with one attached hydrogen (secondary N) is 1. The minimum atomic E-state index is -0.522. The van der Waals surface area contributed by atoms with Crippen molar-refractivity contribution in [3.8, 4) is 5.75 Å². The molecule has 7 nitrogen and oxygen atoms in total. The summed E-state index contributed by atoms with van der Waals surface area (Å²) < 4.78 is 5.36. The van der Waals surface area contributed by atoms with Crippen LogP contribution in [0.15, 0.2) is 29.6 Å². The zero-order valence-corrected chi connectivity index (χ0v) is 16.8. The Morgan fingerprint density at radius 1 is 1.21 bits per heavy atom. The Bertz CT molecular complexity index is 922. The van der Waals surface area contributed by atoms with Gasteiger partial charge in [0, 0.05) is 16.9 Å². The molecule has 152 valence electrons. The minimum Gasteiger partial charge on any atom is -0.477 e. The second-order valence-corrected chi connectivity index (χ2v) is 9.66. The summed E-state index contributed by atoms with van der Waals surface area (Å²) in [7, 11) is 0. The van der Waals surface area contributed by atoms with Crippen LogP contribution in [0.3, 0.4) is 0 Å². The number of anilines is 1. The van der Waals surface area contributed by atoms with Crippen molar-refractivity contribution in [2.75, 3.05) is 11.9 Å². The topological polar surface area (TPSA) is 94.4 Å². The van der Waals surface area contributed by atoms with Crippen LogP contribution in [-0.2, 0) is 10.2 Å². The predicted molar refractivity (Wildman–Crippen MR) is 109 cm³/mol. The van der Waals surface area contributed by atoms with E-state index in [9.17, 15) is 14.9 Å². The van der Waals surface area contributed by atoms with Crippen LogP contribution in [0.25, 0.3) is 0 Å². The van der Waals surface area contributed by atoms with Gasteiger partial charge in [0.15, 0.2) is 17.5 Å². The number of aromatic nitrogens is 1. The van der Waals surface area contributed by atoms with Gasteiger partial charge in [-0.2, -0.15) is 0 Å². The summed E-state index contributed by atoms with van der Waals surface area (Å²) >= 11 is 1.45. The molecule has 29 heavy (non-hydrogen) atoms. The van der Waals surface area contributed by atoms with Crippen LogP contribution in [-0.4, -0.2) is 22.4 Å². The van der Waals surface area contributed by atoms with Gasteiger partial charge < -0.3 is 4.74 Å². The third kappa shape index (κ3) is 3.50. The lowest BCUT2D eigenvalue weighted by Gasteiger charge is -2.56. The Morgan fingerprint density at radius 2 is 1.86 bits per heavy atom. The summed E-state index contributed by atoms with van der Waals surface area (Å²) in [5.41, 5.74) is 1.19. The molecule has 1 heterocycles. The van der Waals surface area contributed by atoms with Crippen molar-refractivity contribution in [2.45, 2.75) is 43.9 Å². The number of amides is 1. The number of para-hydroxylation sites is 2. The molecule has 1 aromatic carbocycles. The molecule has 1 amide bonds. The van der Waals surface area contributed by atoms with E-state index in [0.717, 1.165) is 23.4 Å². The summed E-state index contributed by atoms with van der Waals surface area (Å²) in [5, 5.41) is 16.5. The van der Waals surface area contributed by atoms with E-state index in [-0.39, 0.29) is 29.4 Å². The summed E-state index contributed by atoms with van der Waals surface area (Å²) in [5.74, 6) is 2.25. The average Bonchev–Trinajstić information content (AvgIpc) is 3.15. The molecule has 0 saturated heterocycles. The SMILES string of the molecule is O=C(COc1ccccc1[N+](=O)[O-])Nc1nc(C23CC4CC(CC(C4)C2)C3)cs1. The highest BCUT2D eigenvalue weighted by Crippen LogP contribution is 2.60. The van der Waals surface area contributed by atoms with Crippen molar-refractivity contribution in [1.82, 2.24) is 4.98 Å². The fraction of sp³-hybridized carbons (Fsp3) is 0.524. The largest absolute Gasteiger partial charge is 0.477 e. The van der Waals surface area contributed by atoms with Crippen molar-refractivity contribution >= 4 is 28.1 Å². The van der Waals surface area contributed by atoms with Gasteiger partial charge >= 0.3 is 5.69 Å². The highest BCUT2D eigenvalue weighted by molar-refractivity contribution is 7.13. The van der Waals surface area contributed by atoms with Gasteiger partial charge in [0.1, 0.15) is 0 Å². The molecule has 4 saturated carbocycles. The molecule has 4 aliphatic rings. The van der Waals surface area contributed by atoms with Crippen LogP contribution in [0.1, 0.15) is 44.2 Å². The fourth-order valence-electron chi connectivity index (χ4n) is 6.03. The molecule has 8 heteroatoms. The van der Waals surface area contributed by atoms with Gasteiger partial charge in [-0.3, -0.25) is 20.2 Å². The highest BCUT2D eigenvalue weighted by Gasteiger charge is 2.52. The van der Waals surface area contributed by atoms with Crippen LogP contribution in [0, 0.1) is 27.9 Å². The van der Waals surface area contributed by atoms with Crippen molar-refractivity contribution in [3.05, 3.63) is 45.5 Å². The van der Waals surface area contributed by atoms with Crippen molar-refractivity contribution in [2.24, 2.45) is 17.8 Å². The number of hydrogen-bond acceptors (Lipinski definition) is 6. The first-order valence-electron chi connectivity index (χ1n) is 10.1. The molecule has 4 aliphatic carbocycles. The number of ether oxygens (including phenoxy) is 1. The molecular formula is C21H23N3O4S. The van der Waals surface area contributed by atoms with Gasteiger partial charge in [-0.15, -0.1) is 11.3 Å². The summed E-state index contributed by atoms with van der Waals surface area (Å²) in [6.45, 7) is -0.295. The standard InChI is InChI=1S/C21H23N3O4S/c25-19(11-28-17-4-2-1-3-16(17)24(26)27)23-20-22-18(12-29-20)21-8-13-5-14(9-21)7-15(6-13)10-21/h1-4,12-15H,5-11H2,(H,22,23,25). The van der Waals surface area contributed by atoms with E-state index in [2.05, 4.69) is 10.7 Å². The molecule has 2 aromatic rings. The van der Waals surface area contributed by atoms with E-state index in [1.165, 1.54) is 62.0 Å². The lowest BCUT2D eigenvalue weighted by molar-refractivity contribution is -0.385. The monoisotopic (exact) mass is 413 g/mol. The van der Waals surface area contributed by atoms with Gasteiger partial charge in [-0.05, 0) is 62.3 Å². The van der Waals surface area contributed by atoms with E-state index in [4.69, 9.17) is 9.72 Å². The van der Waals surface area contributed by atoms with Gasteiger partial charge in [0.2, 0.25) is 0 Å². The molecular weight excluding hydrogens is 390 g/mol. The number of hydrogen-bond donors (Lipinski definition) is 1. The zero-order valence-electron chi connectivity index (χ0n) is 16.0. The van der Waals surface area contributed by atoms with Gasteiger partial charge in [0.25, 0.3) is 5.91 Å². The van der Waals surface area contributed by atoms with Crippen molar-refractivity contribution in [3.63, 3.8) is 0 Å². The maximum atomic E-state index is 12.3. The van der Waals surface area contributed by atoms with E-state index >= 15 is 0 Å². The van der Waals surface area contributed by atoms with Crippen LogP contribution in [0.5, 0.6) is 5.75 Å². The summed E-state index contributed by atoms with van der Waals surface area (Å²) in [6, 6.07) is 6.04. The Kier molecular flexibility index (Phi) is 4.53. The number of nitro groups is 1. The van der Waals surface area contributed by atoms with Crippen LogP contribution in [0.2, 0.25) is 0 Å². The van der Waals surface area contributed by atoms with E-state index < -0.39 is 4.92 Å². The predicted octanol–water partition coefficient (Wildman–Crippen LogP) is 4.54. The molecule has 4 bridgehead atoms. The summed E-state index contributed by atoms with van der Waals surface area (Å²) in [6.07, 6.45) is 7.85. The highest BCUT2D eigenvalue weighted by atomic mass is 32.1. The molecule has 1 aromatic heterocycles. The van der Waals surface area contributed by atoms with Gasteiger partial charge in [0.05, 0.1) is 10.6 Å². The minimum absolute atomic E-state index is 0.0843. The molecule has 0 atom stereocenters. The number of carbonyl (C=O) groups excluding carboxylic acids is 1. The first-order chi connectivity index (χ1) is 14.0. The Hall–Kier alpha value is -2.48. The molecule has 1 N–H and O–H groups in total. The maximum Gasteiger partial charge on any atom is 0.310 e. The second-order valence-electron chi connectivity index (χ2n) is 8.80. The third-order valence-corrected chi connectivity index (χ3v) is 7.51. The van der Waals surface area contributed by atoms with Gasteiger partial charge in [-0.1, -0.05) is 12.1 Å². The molecule has 4 fully saturated rings. The van der Waals surface area contributed by atoms with Crippen molar-refractivity contribution in [1.29, 1.82) is 0 Å². The number of carbonyl (C=O) groups is 1. The van der Waals surface area contributed by atoms with E-state index in [1.54, 1.807) is 12.1 Å². The number of nitro benzene ring substituents is 1. The Balaban J connectivity index is 1.23. The Morgan fingerprint density at radius 3 is 2.52 bits per heavy atom. The first kappa shape index (κ1) is 18.5. The normalized spacial score (nSPS) is 29.6. The molecule has 0 unspecified atom stereocenters. The van der Waals surface area contributed by atoms with Gasteiger partial charge in [-0.25, -0.2) is 4.98 Å². The smallest absolute Gasteiger partial charge is 0.310 e. The number of nitrogens with zero attached hydrogens (tertiary/aromatic N) is 2. The maximum absolute atomic E-state index is 12.3. The first-order valence-corrected chi connectivity index (χ1v) is 11.0. The molecule has 0 spiro atoms. The zero-order chi connectivity index (χ0) is 20.0.